The first-order valence-electron chi connectivity index (χ1n) is 12.2. The molecule has 0 bridgehead atoms. The summed E-state index contributed by atoms with van der Waals surface area (Å²) in [5.74, 6) is -0.466. The van der Waals surface area contributed by atoms with Crippen molar-refractivity contribution < 1.29 is 27.2 Å². The minimum absolute atomic E-state index is 0.0419. The number of urea groups is 1. The smallest absolute Gasteiger partial charge is 0.382 e. The standard InChI is InChI=1S/C26H24F4N8O2/c1-14-10-15(2-6-19(14)33-25(40)34-20-11-16(26(28,29)30)3-5-18(20)27)24-35-23(31)21-7-4-17(38(21)36-24)12-37-9-8-32-22(39)13-37/h2-7,10-11H,8-9,12-13H2,1H3,(H,32,39)(H2,31,35,36)(H2,33,34,40). The summed E-state index contributed by atoms with van der Waals surface area (Å²) in [6, 6.07) is 9.45. The number of anilines is 3. The molecule has 1 aliphatic rings. The lowest BCUT2D eigenvalue weighted by Gasteiger charge is -2.26. The fourth-order valence-electron chi connectivity index (χ4n) is 4.39. The molecule has 5 rings (SSSR count). The van der Waals surface area contributed by atoms with Crippen LogP contribution in [0.1, 0.15) is 16.8 Å². The first-order chi connectivity index (χ1) is 19.0. The molecular formula is C26H24F4N8O2. The monoisotopic (exact) mass is 556 g/mol. The zero-order valence-electron chi connectivity index (χ0n) is 21.1. The molecule has 1 fully saturated rings. The predicted molar refractivity (Wildman–Crippen MR) is 140 cm³/mol. The highest BCUT2D eigenvalue weighted by molar-refractivity contribution is 6.00. The molecule has 2 aromatic heterocycles. The van der Waals surface area contributed by atoms with E-state index in [0.717, 1.165) is 5.69 Å². The predicted octanol–water partition coefficient (Wildman–Crippen LogP) is 4.02. The van der Waals surface area contributed by atoms with Crippen LogP contribution in [0.4, 0.5) is 39.5 Å². The normalized spacial score (nSPS) is 14.3. The van der Waals surface area contributed by atoms with E-state index in [0.29, 0.717) is 66.0 Å². The maximum Gasteiger partial charge on any atom is 0.416 e. The van der Waals surface area contributed by atoms with E-state index >= 15 is 0 Å². The number of aromatic nitrogens is 3. The van der Waals surface area contributed by atoms with Gasteiger partial charge in [0.05, 0.1) is 23.5 Å². The van der Waals surface area contributed by atoms with E-state index in [9.17, 15) is 27.2 Å². The fraction of sp³-hybridized carbons (Fsp3) is 0.231. The van der Waals surface area contributed by atoms with Crippen LogP contribution in [0, 0.1) is 12.7 Å². The average molecular weight is 557 g/mol. The lowest BCUT2D eigenvalue weighted by Crippen LogP contribution is -2.47. The maximum atomic E-state index is 14.0. The van der Waals surface area contributed by atoms with Crippen LogP contribution in [0.5, 0.6) is 0 Å². The highest BCUT2D eigenvalue weighted by atomic mass is 19.4. The van der Waals surface area contributed by atoms with E-state index in [1.54, 1.807) is 29.6 Å². The van der Waals surface area contributed by atoms with Gasteiger partial charge >= 0.3 is 12.2 Å². The number of fused-ring (bicyclic) bond motifs is 1. The number of carbonyl (C=O) groups is 2. The molecule has 0 radical (unpaired) electrons. The van der Waals surface area contributed by atoms with Gasteiger partial charge in [0.15, 0.2) is 11.6 Å². The van der Waals surface area contributed by atoms with Crippen LogP contribution in [-0.2, 0) is 17.5 Å². The topological polar surface area (TPSA) is 130 Å². The molecule has 0 atom stereocenters. The number of hydrogen-bond donors (Lipinski definition) is 4. The summed E-state index contributed by atoms with van der Waals surface area (Å²) in [5.41, 5.74) is 7.48. The Hall–Kier alpha value is -4.72. The number of nitrogens with two attached hydrogens (primary N) is 1. The zero-order valence-corrected chi connectivity index (χ0v) is 21.1. The summed E-state index contributed by atoms with van der Waals surface area (Å²) in [6.07, 6.45) is -4.69. The Labute approximate surface area is 225 Å². The number of halogens is 4. The lowest BCUT2D eigenvalue weighted by molar-refractivity contribution is -0.137. The molecule has 10 nitrogen and oxygen atoms in total. The second-order valence-electron chi connectivity index (χ2n) is 9.30. The van der Waals surface area contributed by atoms with Crippen molar-refractivity contribution in [1.29, 1.82) is 0 Å². The largest absolute Gasteiger partial charge is 0.416 e. The van der Waals surface area contributed by atoms with Gasteiger partial charge in [-0.2, -0.15) is 13.2 Å². The van der Waals surface area contributed by atoms with E-state index in [4.69, 9.17) is 5.73 Å². The van der Waals surface area contributed by atoms with Gasteiger partial charge in [-0.15, -0.1) is 5.10 Å². The van der Waals surface area contributed by atoms with Crippen LogP contribution in [0.3, 0.4) is 0 Å². The molecule has 1 saturated heterocycles. The van der Waals surface area contributed by atoms with Crippen molar-refractivity contribution in [3.8, 4) is 11.4 Å². The first kappa shape index (κ1) is 26.9. The number of amides is 3. The third-order valence-electron chi connectivity index (χ3n) is 6.40. The Bertz CT molecular complexity index is 1620. The van der Waals surface area contributed by atoms with Gasteiger partial charge < -0.3 is 21.7 Å². The van der Waals surface area contributed by atoms with E-state index < -0.39 is 29.3 Å². The van der Waals surface area contributed by atoms with Crippen molar-refractivity contribution in [2.45, 2.75) is 19.6 Å². The third kappa shape index (κ3) is 5.66. The Morgan fingerprint density at radius 3 is 2.60 bits per heavy atom. The van der Waals surface area contributed by atoms with E-state index in [-0.39, 0.29) is 18.3 Å². The SMILES string of the molecule is Cc1cc(-c2nc(N)c3ccc(CN4CCNC(=O)C4)n3n2)ccc1NC(=O)Nc1cc(C(F)(F)F)ccc1F. The van der Waals surface area contributed by atoms with Crippen LogP contribution < -0.4 is 21.7 Å². The highest BCUT2D eigenvalue weighted by Crippen LogP contribution is 2.32. The van der Waals surface area contributed by atoms with Gasteiger partial charge in [-0.25, -0.2) is 18.7 Å². The van der Waals surface area contributed by atoms with E-state index in [1.807, 2.05) is 17.0 Å². The molecule has 2 aromatic carbocycles. The van der Waals surface area contributed by atoms with Crippen molar-refractivity contribution in [3.05, 3.63) is 71.2 Å². The quantitative estimate of drug-likeness (QED) is 0.275. The Balaban J connectivity index is 1.34. The van der Waals surface area contributed by atoms with Crippen molar-refractivity contribution in [2.24, 2.45) is 0 Å². The Morgan fingerprint density at radius 2 is 1.88 bits per heavy atom. The second kappa shape index (κ2) is 10.4. The number of piperazine rings is 1. The number of nitrogens with zero attached hydrogens (tertiary/aromatic N) is 4. The Kier molecular flexibility index (Phi) is 7.02. The molecular weight excluding hydrogens is 532 g/mol. The third-order valence-corrected chi connectivity index (χ3v) is 6.40. The van der Waals surface area contributed by atoms with Gasteiger partial charge in [-0.3, -0.25) is 9.69 Å². The minimum Gasteiger partial charge on any atom is -0.382 e. The molecule has 3 amide bonds. The lowest BCUT2D eigenvalue weighted by atomic mass is 10.1. The molecule has 0 aliphatic carbocycles. The fourth-order valence-corrected chi connectivity index (χ4v) is 4.39. The van der Waals surface area contributed by atoms with Gasteiger partial charge in [-0.05, 0) is 61.0 Å². The number of nitrogens with one attached hydrogen (secondary N) is 3. The van der Waals surface area contributed by atoms with Crippen molar-refractivity contribution >= 4 is 34.6 Å². The molecule has 0 unspecified atom stereocenters. The highest BCUT2D eigenvalue weighted by Gasteiger charge is 2.31. The molecule has 1 aliphatic heterocycles. The number of nitrogen functional groups attached to an aromatic ring is 1. The number of alkyl halides is 3. The van der Waals surface area contributed by atoms with Crippen LogP contribution >= 0.6 is 0 Å². The summed E-state index contributed by atoms with van der Waals surface area (Å²) in [7, 11) is 0. The summed E-state index contributed by atoms with van der Waals surface area (Å²) in [6.45, 7) is 3.74. The van der Waals surface area contributed by atoms with Crippen molar-refractivity contribution in [1.82, 2.24) is 24.8 Å². The minimum atomic E-state index is -4.69. The van der Waals surface area contributed by atoms with Crippen LogP contribution in [-0.4, -0.2) is 51.1 Å². The van der Waals surface area contributed by atoms with Gasteiger partial charge in [0.25, 0.3) is 0 Å². The van der Waals surface area contributed by atoms with E-state index in [1.165, 1.54) is 0 Å². The summed E-state index contributed by atoms with van der Waals surface area (Å²) < 4.78 is 54.6. The van der Waals surface area contributed by atoms with Crippen molar-refractivity contribution in [2.75, 3.05) is 36.0 Å². The Morgan fingerprint density at radius 1 is 1.10 bits per heavy atom. The molecule has 3 heterocycles. The van der Waals surface area contributed by atoms with Crippen LogP contribution in [0.25, 0.3) is 16.9 Å². The molecule has 4 aromatic rings. The second-order valence-corrected chi connectivity index (χ2v) is 9.30. The average Bonchev–Trinajstić information content (AvgIpc) is 3.29. The molecule has 208 valence electrons. The van der Waals surface area contributed by atoms with Crippen LogP contribution in [0.15, 0.2) is 48.5 Å². The van der Waals surface area contributed by atoms with Crippen LogP contribution in [0.2, 0.25) is 0 Å². The molecule has 5 N–H and O–H groups in total. The van der Waals surface area contributed by atoms with Gasteiger partial charge in [0.1, 0.15) is 11.3 Å². The van der Waals surface area contributed by atoms with Gasteiger partial charge in [0, 0.05) is 30.9 Å². The number of rotatable bonds is 5. The number of carbonyl (C=O) groups excluding carboxylic acids is 2. The molecule has 14 heteroatoms. The summed E-state index contributed by atoms with van der Waals surface area (Å²) in [4.78, 5) is 30.6. The number of aryl methyl sites for hydroxylation is 1. The maximum absolute atomic E-state index is 14.0. The van der Waals surface area contributed by atoms with E-state index in [2.05, 4.69) is 26.0 Å². The first-order valence-corrected chi connectivity index (χ1v) is 12.2. The summed E-state index contributed by atoms with van der Waals surface area (Å²) >= 11 is 0. The van der Waals surface area contributed by atoms with Crippen molar-refractivity contribution in [3.63, 3.8) is 0 Å². The molecule has 0 saturated carbocycles. The van der Waals surface area contributed by atoms with Gasteiger partial charge in [0.2, 0.25) is 5.91 Å². The molecule has 0 spiro atoms. The summed E-state index contributed by atoms with van der Waals surface area (Å²) in [5, 5.41) is 12.1. The van der Waals surface area contributed by atoms with Gasteiger partial charge in [-0.1, -0.05) is 0 Å². The zero-order chi connectivity index (χ0) is 28.6. The molecule has 40 heavy (non-hydrogen) atoms. The number of benzene rings is 2. The number of hydrogen-bond acceptors (Lipinski definition) is 6.